The summed E-state index contributed by atoms with van der Waals surface area (Å²) < 4.78 is 34.5. The van der Waals surface area contributed by atoms with Crippen molar-refractivity contribution in [1.29, 1.82) is 0 Å². The Kier molecular flexibility index (Phi) is 6.50. The first-order chi connectivity index (χ1) is 16.2. The van der Waals surface area contributed by atoms with Gasteiger partial charge < -0.3 is 4.42 Å². The van der Waals surface area contributed by atoms with Crippen LogP contribution in [0.1, 0.15) is 31.0 Å². The molecule has 1 saturated heterocycles. The van der Waals surface area contributed by atoms with Crippen molar-refractivity contribution >= 4 is 11.8 Å². The third-order valence-electron chi connectivity index (χ3n) is 5.61. The van der Waals surface area contributed by atoms with Crippen molar-refractivity contribution < 1.29 is 13.2 Å². The lowest BCUT2D eigenvalue weighted by Gasteiger charge is -2.26. The molecule has 1 aliphatic heterocycles. The van der Waals surface area contributed by atoms with Gasteiger partial charge in [0.25, 0.3) is 0 Å². The molecule has 1 fully saturated rings. The average molecular weight is 468 g/mol. The molecule has 2 aromatic carbocycles. The Morgan fingerprint density at radius 3 is 2.30 bits per heavy atom. The summed E-state index contributed by atoms with van der Waals surface area (Å²) in [6.07, 6.45) is 5.27. The molecule has 9 heteroatoms. The molecule has 0 radical (unpaired) electrons. The summed E-state index contributed by atoms with van der Waals surface area (Å²) in [7, 11) is 0. The molecule has 6 nitrogen and oxygen atoms in total. The molecule has 2 aromatic heterocycles. The van der Waals surface area contributed by atoms with Crippen LogP contribution in [0.15, 0.2) is 64.3 Å². The SMILES string of the molecule is Fc1ccc(-c2cnc(CSc3nnc(CN4CCCCC4)n3-c3ccc(F)cc3)o2)cc1. The lowest BCUT2D eigenvalue weighted by atomic mass is 10.1. The van der Waals surface area contributed by atoms with Crippen molar-refractivity contribution in [2.45, 2.75) is 36.7 Å². The second-order valence-electron chi connectivity index (χ2n) is 7.96. The van der Waals surface area contributed by atoms with Crippen LogP contribution in [-0.2, 0) is 12.3 Å². The lowest BCUT2D eigenvalue weighted by molar-refractivity contribution is 0.214. The van der Waals surface area contributed by atoms with E-state index in [1.807, 2.05) is 4.57 Å². The summed E-state index contributed by atoms with van der Waals surface area (Å²) in [6.45, 7) is 2.78. The highest BCUT2D eigenvalue weighted by molar-refractivity contribution is 7.98. The standard InChI is InChI=1S/C24H23F2N5OS/c25-18-6-4-17(5-7-18)21-14-27-23(32-21)16-33-24-29-28-22(15-30-12-2-1-3-13-30)31(24)20-10-8-19(26)9-11-20/h4-11,14H,1-3,12-13,15-16H2. The topological polar surface area (TPSA) is 60.0 Å². The van der Waals surface area contributed by atoms with Gasteiger partial charge in [-0.25, -0.2) is 13.8 Å². The maximum atomic E-state index is 13.5. The number of nitrogens with zero attached hydrogens (tertiary/aromatic N) is 5. The van der Waals surface area contributed by atoms with Crippen LogP contribution in [0.4, 0.5) is 8.78 Å². The number of aromatic nitrogens is 4. The fraction of sp³-hybridized carbons (Fsp3) is 0.292. The van der Waals surface area contributed by atoms with Crippen molar-refractivity contribution in [1.82, 2.24) is 24.6 Å². The van der Waals surface area contributed by atoms with E-state index in [2.05, 4.69) is 20.1 Å². The zero-order chi connectivity index (χ0) is 22.6. The number of oxazole rings is 1. The van der Waals surface area contributed by atoms with E-state index in [1.54, 1.807) is 30.5 Å². The monoisotopic (exact) mass is 467 g/mol. The van der Waals surface area contributed by atoms with E-state index in [0.717, 1.165) is 30.2 Å². The van der Waals surface area contributed by atoms with Gasteiger partial charge in [0.2, 0.25) is 5.89 Å². The van der Waals surface area contributed by atoms with Gasteiger partial charge in [0.05, 0.1) is 18.5 Å². The highest BCUT2D eigenvalue weighted by Gasteiger charge is 2.19. The minimum absolute atomic E-state index is 0.285. The second-order valence-corrected chi connectivity index (χ2v) is 8.90. The molecule has 0 unspecified atom stereocenters. The zero-order valence-electron chi connectivity index (χ0n) is 18.0. The number of hydrogen-bond acceptors (Lipinski definition) is 6. The molecule has 0 bridgehead atoms. The summed E-state index contributed by atoms with van der Waals surface area (Å²) in [6, 6.07) is 12.5. The minimum atomic E-state index is -0.297. The second kappa shape index (κ2) is 9.84. The Balaban J connectivity index is 1.36. The molecular weight excluding hydrogens is 444 g/mol. The Labute approximate surface area is 194 Å². The van der Waals surface area contributed by atoms with Gasteiger partial charge in [0.1, 0.15) is 11.6 Å². The van der Waals surface area contributed by atoms with E-state index >= 15 is 0 Å². The van der Waals surface area contributed by atoms with Crippen molar-refractivity contribution in [2.24, 2.45) is 0 Å². The molecule has 33 heavy (non-hydrogen) atoms. The minimum Gasteiger partial charge on any atom is -0.440 e. The molecular formula is C24H23F2N5OS. The van der Waals surface area contributed by atoms with Gasteiger partial charge >= 0.3 is 0 Å². The van der Waals surface area contributed by atoms with Crippen LogP contribution in [0.2, 0.25) is 0 Å². The third-order valence-corrected chi connectivity index (χ3v) is 6.52. The maximum absolute atomic E-state index is 13.5. The van der Waals surface area contributed by atoms with Crippen molar-refractivity contribution in [3.63, 3.8) is 0 Å². The average Bonchev–Trinajstić information content (AvgIpc) is 3.47. The predicted molar refractivity (Wildman–Crippen MR) is 122 cm³/mol. The number of likely N-dealkylation sites (tertiary alicyclic amines) is 1. The van der Waals surface area contributed by atoms with Gasteiger partial charge in [0.15, 0.2) is 16.7 Å². The molecule has 0 N–H and O–H groups in total. The number of rotatable bonds is 7. The Hall–Kier alpha value is -3.04. The number of thioether (sulfide) groups is 1. The molecule has 0 aliphatic carbocycles. The molecule has 0 atom stereocenters. The van der Waals surface area contributed by atoms with Gasteiger partial charge in [0, 0.05) is 11.3 Å². The number of benzene rings is 2. The van der Waals surface area contributed by atoms with Crippen LogP contribution in [0.5, 0.6) is 0 Å². The normalized spacial score (nSPS) is 14.6. The van der Waals surface area contributed by atoms with Crippen LogP contribution in [0.25, 0.3) is 17.0 Å². The highest BCUT2D eigenvalue weighted by Crippen LogP contribution is 2.28. The van der Waals surface area contributed by atoms with E-state index in [9.17, 15) is 8.78 Å². The number of piperidine rings is 1. The van der Waals surface area contributed by atoms with Crippen molar-refractivity contribution in [3.05, 3.63) is 78.1 Å². The first-order valence-electron chi connectivity index (χ1n) is 10.9. The van der Waals surface area contributed by atoms with Crippen LogP contribution in [0.3, 0.4) is 0 Å². The Morgan fingerprint density at radius 1 is 0.879 bits per heavy atom. The molecule has 0 saturated carbocycles. The molecule has 0 spiro atoms. The van der Waals surface area contributed by atoms with E-state index < -0.39 is 0 Å². The molecule has 3 heterocycles. The molecule has 170 valence electrons. The first-order valence-corrected chi connectivity index (χ1v) is 11.9. The summed E-state index contributed by atoms with van der Waals surface area (Å²) in [5.74, 6) is 1.80. The summed E-state index contributed by atoms with van der Waals surface area (Å²) >= 11 is 1.45. The van der Waals surface area contributed by atoms with E-state index in [-0.39, 0.29) is 11.6 Å². The summed E-state index contributed by atoms with van der Waals surface area (Å²) in [5, 5.41) is 9.56. The quantitative estimate of drug-likeness (QED) is 0.336. The van der Waals surface area contributed by atoms with E-state index in [1.165, 1.54) is 55.3 Å². The zero-order valence-corrected chi connectivity index (χ0v) is 18.8. The van der Waals surface area contributed by atoms with Crippen molar-refractivity contribution in [3.8, 4) is 17.0 Å². The fourth-order valence-corrected chi connectivity index (χ4v) is 4.74. The van der Waals surface area contributed by atoms with Gasteiger partial charge in [-0.05, 0) is 74.5 Å². The predicted octanol–water partition coefficient (Wildman–Crippen LogP) is 5.48. The van der Waals surface area contributed by atoms with Gasteiger partial charge in [-0.2, -0.15) is 0 Å². The van der Waals surface area contributed by atoms with Crippen LogP contribution < -0.4 is 0 Å². The molecule has 4 aromatic rings. The van der Waals surface area contributed by atoms with Gasteiger partial charge in [-0.1, -0.05) is 18.2 Å². The van der Waals surface area contributed by atoms with Gasteiger partial charge in [-0.15, -0.1) is 10.2 Å². The van der Waals surface area contributed by atoms with Crippen LogP contribution >= 0.6 is 11.8 Å². The Morgan fingerprint density at radius 2 is 1.58 bits per heavy atom. The number of halogens is 2. The van der Waals surface area contributed by atoms with E-state index in [4.69, 9.17) is 4.42 Å². The molecule has 1 aliphatic rings. The number of hydrogen-bond donors (Lipinski definition) is 0. The summed E-state index contributed by atoms with van der Waals surface area (Å²) in [4.78, 5) is 6.73. The van der Waals surface area contributed by atoms with Gasteiger partial charge in [-0.3, -0.25) is 9.47 Å². The summed E-state index contributed by atoms with van der Waals surface area (Å²) in [5.41, 5.74) is 1.58. The third kappa shape index (κ3) is 5.15. The first kappa shape index (κ1) is 21.8. The molecule has 5 rings (SSSR count). The van der Waals surface area contributed by atoms with Crippen molar-refractivity contribution in [2.75, 3.05) is 13.1 Å². The van der Waals surface area contributed by atoms with E-state index in [0.29, 0.717) is 29.1 Å². The lowest BCUT2D eigenvalue weighted by Crippen LogP contribution is -2.30. The smallest absolute Gasteiger partial charge is 0.205 e. The van der Waals surface area contributed by atoms with Crippen LogP contribution in [-0.4, -0.2) is 37.7 Å². The largest absolute Gasteiger partial charge is 0.440 e. The van der Waals surface area contributed by atoms with Crippen LogP contribution in [0, 0.1) is 11.6 Å². The highest BCUT2D eigenvalue weighted by atomic mass is 32.2. The fourth-order valence-electron chi connectivity index (χ4n) is 3.91. The maximum Gasteiger partial charge on any atom is 0.205 e. The Bertz CT molecular complexity index is 1200. The molecule has 0 amide bonds.